The summed E-state index contributed by atoms with van der Waals surface area (Å²) in [7, 11) is 0. The van der Waals surface area contributed by atoms with Crippen LogP contribution in [0.4, 0.5) is 34.3 Å². The number of nitrogens with zero attached hydrogens (tertiary/aromatic N) is 2. The molecule has 8 rings (SSSR count). The topological polar surface area (TPSA) is 19.6 Å². The predicted octanol–water partition coefficient (Wildman–Crippen LogP) is 13.0. The molecule has 0 spiro atoms. The molecule has 2 aliphatic rings. The van der Waals surface area contributed by atoms with Crippen molar-refractivity contribution in [2.24, 2.45) is 0 Å². The van der Waals surface area contributed by atoms with Gasteiger partial charge in [-0.25, -0.2) is 0 Å². The smallest absolute Gasteiger partial charge is 0.257 e. The fourth-order valence-corrected chi connectivity index (χ4v) is 8.64. The first-order valence-electron chi connectivity index (χ1n) is 20.6. The molecule has 0 radical (unpaired) electrons. The number of fused-ring (bicyclic) bond motifs is 6. The Morgan fingerprint density at radius 1 is 0.393 bits per heavy atom. The van der Waals surface area contributed by atoms with Gasteiger partial charge in [-0.2, -0.15) is 0 Å². The Labute approximate surface area is 337 Å². The molecule has 0 atom stereocenters. The number of hydrogen-bond acceptors (Lipinski definition) is 3. The maximum atomic E-state index is 7.18. The van der Waals surface area contributed by atoms with Gasteiger partial charge in [-0.1, -0.05) is 146 Å². The molecule has 0 unspecified atom stereocenters. The summed E-state index contributed by atoms with van der Waals surface area (Å²) < 4.78 is 7.18. The molecular weight excluding hydrogens is 679 g/mol. The van der Waals surface area contributed by atoms with Crippen molar-refractivity contribution in [2.45, 2.75) is 131 Å². The van der Waals surface area contributed by atoms with Crippen LogP contribution >= 0.6 is 0 Å². The van der Waals surface area contributed by atoms with Crippen molar-refractivity contribution in [3.8, 4) is 0 Å². The normalized spacial score (nSPS) is 14.6. The molecule has 56 heavy (non-hydrogen) atoms. The number of furan rings is 1. The van der Waals surface area contributed by atoms with Crippen LogP contribution in [-0.4, -0.2) is 6.71 Å². The summed E-state index contributed by atoms with van der Waals surface area (Å²) in [5.74, 6) is 0.916. The van der Waals surface area contributed by atoms with Gasteiger partial charge in [-0.05, 0) is 120 Å². The Hall–Kier alpha value is -4.70. The Bertz CT molecular complexity index is 2480. The summed E-state index contributed by atoms with van der Waals surface area (Å²) in [6.45, 7) is 34.6. The molecule has 2 aliphatic heterocycles. The lowest BCUT2D eigenvalue weighted by atomic mass is 9.33. The van der Waals surface area contributed by atoms with E-state index < -0.39 is 0 Å². The van der Waals surface area contributed by atoms with Crippen molar-refractivity contribution in [2.75, 3.05) is 9.80 Å². The van der Waals surface area contributed by atoms with Gasteiger partial charge in [0.1, 0.15) is 5.58 Å². The van der Waals surface area contributed by atoms with Crippen LogP contribution in [0.25, 0.3) is 11.0 Å². The van der Waals surface area contributed by atoms with Crippen LogP contribution in [0.3, 0.4) is 0 Å². The number of hydrogen-bond donors (Lipinski definition) is 0. The molecule has 0 saturated heterocycles. The second-order valence-corrected chi connectivity index (χ2v) is 21.7. The van der Waals surface area contributed by atoms with Crippen molar-refractivity contribution in [1.29, 1.82) is 0 Å². The summed E-state index contributed by atoms with van der Waals surface area (Å²) in [6, 6.07) is 37.6. The van der Waals surface area contributed by atoms with Crippen molar-refractivity contribution >= 4 is 68.4 Å². The lowest BCUT2D eigenvalue weighted by molar-refractivity contribution is 0.588. The third kappa shape index (κ3) is 6.28. The largest absolute Gasteiger partial charge is 0.440 e. The van der Waals surface area contributed by atoms with Gasteiger partial charge in [0.15, 0.2) is 0 Å². The fraction of sp³-hybridized carbons (Fsp3) is 0.385. The minimum atomic E-state index is -0.101. The van der Waals surface area contributed by atoms with Gasteiger partial charge in [-0.15, -0.1) is 0 Å². The molecule has 4 heteroatoms. The summed E-state index contributed by atoms with van der Waals surface area (Å²) in [6.07, 6.45) is 0. The van der Waals surface area contributed by atoms with Crippen molar-refractivity contribution in [3.05, 3.63) is 125 Å². The fourth-order valence-electron chi connectivity index (χ4n) is 8.64. The molecule has 0 bridgehead atoms. The monoisotopic (exact) mass is 740 g/mol. The van der Waals surface area contributed by atoms with Crippen LogP contribution in [0, 0.1) is 0 Å². The quantitative estimate of drug-likeness (QED) is 0.165. The van der Waals surface area contributed by atoms with Gasteiger partial charge in [0, 0.05) is 39.3 Å². The van der Waals surface area contributed by atoms with Crippen LogP contribution < -0.4 is 26.2 Å². The average Bonchev–Trinajstić information content (AvgIpc) is 3.48. The maximum absolute atomic E-state index is 7.18. The third-order valence-corrected chi connectivity index (χ3v) is 12.3. The zero-order valence-corrected chi connectivity index (χ0v) is 36.6. The van der Waals surface area contributed by atoms with Crippen LogP contribution in [0.1, 0.15) is 132 Å². The van der Waals surface area contributed by atoms with Crippen molar-refractivity contribution < 1.29 is 4.42 Å². The van der Waals surface area contributed by atoms with E-state index in [-0.39, 0.29) is 33.8 Å². The lowest BCUT2D eigenvalue weighted by Crippen LogP contribution is -2.61. The Balaban J connectivity index is 1.52. The SMILES string of the molecule is CC(C)(C)c1ccc(N2c3ccc(C(C)(C)C)cc3B3c4c2cc(C(C)(C)C)cc4N(c2ccc(C(C)(C)C)cc2)c2oc4ccc(C(C)(C)C)cc4c23)cc1. The highest BCUT2D eigenvalue weighted by Crippen LogP contribution is 2.48. The summed E-state index contributed by atoms with van der Waals surface area (Å²) in [4.78, 5) is 4.98. The van der Waals surface area contributed by atoms with E-state index in [9.17, 15) is 0 Å². The van der Waals surface area contributed by atoms with Crippen LogP contribution in [0.15, 0.2) is 101 Å². The molecule has 0 saturated carbocycles. The van der Waals surface area contributed by atoms with Crippen LogP contribution in [-0.2, 0) is 27.1 Å². The average molecular weight is 741 g/mol. The highest BCUT2D eigenvalue weighted by atomic mass is 16.4. The van der Waals surface area contributed by atoms with E-state index in [2.05, 4.69) is 211 Å². The first-order valence-corrected chi connectivity index (χ1v) is 20.6. The van der Waals surface area contributed by atoms with E-state index in [1.54, 1.807) is 0 Å². The molecule has 288 valence electrons. The standard InChI is InChI=1S/C52H61BN2O/c1-48(2,3)32-16-22-37(23-17-32)54-41-26-20-35(51(10,11)12)29-40(41)53-45-39-28-34(50(7,8)9)21-27-44(39)56-47(45)55(38-24-18-33(19-25-38)49(4,5)6)43-31-36(52(13,14)15)30-42(54)46(43)53/h16-31H,1-15H3. The van der Waals surface area contributed by atoms with Gasteiger partial charge < -0.3 is 9.32 Å². The molecule has 3 nitrogen and oxygen atoms in total. The zero-order valence-electron chi connectivity index (χ0n) is 36.6. The van der Waals surface area contributed by atoms with Crippen LogP contribution in [0.5, 0.6) is 0 Å². The molecular formula is C52H61BN2O. The molecule has 1 aromatic heterocycles. The van der Waals surface area contributed by atoms with E-state index in [0.717, 1.165) is 17.2 Å². The highest BCUT2D eigenvalue weighted by Gasteiger charge is 2.47. The maximum Gasteiger partial charge on any atom is 0.257 e. The molecule has 0 aliphatic carbocycles. The van der Waals surface area contributed by atoms with Crippen LogP contribution in [0.2, 0.25) is 0 Å². The molecule has 3 heterocycles. The number of rotatable bonds is 2. The van der Waals surface area contributed by atoms with E-state index in [0.29, 0.717) is 0 Å². The summed E-state index contributed by atoms with van der Waals surface area (Å²) in [5, 5.41) is 1.19. The Kier molecular flexibility index (Phi) is 8.46. The third-order valence-electron chi connectivity index (χ3n) is 12.3. The minimum absolute atomic E-state index is 0.0138. The van der Waals surface area contributed by atoms with Gasteiger partial charge in [-0.3, -0.25) is 4.90 Å². The first kappa shape index (κ1) is 38.2. The highest BCUT2D eigenvalue weighted by molar-refractivity contribution is 7.01. The van der Waals surface area contributed by atoms with Gasteiger partial charge in [0.25, 0.3) is 6.71 Å². The van der Waals surface area contributed by atoms with Crippen molar-refractivity contribution in [1.82, 2.24) is 0 Å². The molecule has 5 aromatic carbocycles. The van der Waals surface area contributed by atoms with Gasteiger partial charge in [0.2, 0.25) is 5.88 Å². The van der Waals surface area contributed by atoms with Gasteiger partial charge in [0.05, 0.1) is 0 Å². The van der Waals surface area contributed by atoms with Gasteiger partial charge >= 0.3 is 0 Å². The second-order valence-electron chi connectivity index (χ2n) is 21.7. The van der Waals surface area contributed by atoms with E-state index in [1.165, 1.54) is 72.3 Å². The molecule has 0 amide bonds. The number of anilines is 6. The molecule has 0 N–H and O–H groups in total. The van der Waals surface area contributed by atoms with E-state index >= 15 is 0 Å². The predicted molar refractivity (Wildman–Crippen MR) is 244 cm³/mol. The number of benzene rings is 5. The molecule has 0 fully saturated rings. The lowest BCUT2D eigenvalue weighted by Gasteiger charge is -2.44. The van der Waals surface area contributed by atoms with E-state index in [1.807, 2.05) is 0 Å². The summed E-state index contributed by atoms with van der Waals surface area (Å²) >= 11 is 0. The Morgan fingerprint density at radius 2 is 0.821 bits per heavy atom. The van der Waals surface area contributed by atoms with E-state index in [4.69, 9.17) is 4.42 Å². The minimum Gasteiger partial charge on any atom is -0.440 e. The summed E-state index contributed by atoms with van der Waals surface area (Å²) in [5.41, 5.74) is 17.3. The van der Waals surface area contributed by atoms with Crippen molar-refractivity contribution in [3.63, 3.8) is 0 Å². The Morgan fingerprint density at radius 3 is 1.32 bits per heavy atom. The first-order chi connectivity index (χ1) is 25.9. The second kappa shape index (κ2) is 12.4. The zero-order chi connectivity index (χ0) is 40.5. The molecule has 6 aromatic rings.